The van der Waals surface area contributed by atoms with E-state index in [2.05, 4.69) is 20.5 Å². The number of pyridine rings is 1. The maximum absolute atomic E-state index is 12.8. The van der Waals surface area contributed by atoms with Gasteiger partial charge in [0.05, 0.1) is 17.9 Å². The lowest BCUT2D eigenvalue weighted by Crippen LogP contribution is -2.28. The molecule has 28 heavy (non-hydrogen) atoms. The summed E-state index contributed by atoms with van der Waals surface area (Å²) >= 11 is 5.96. The van der Waals surface area contributed by atoms with Gasteiger partial charge in [0.1, 0.15) is 11.5 Å². The van der Waals surface area contributed by atoms with Gasteiger partial charge in [-0.3, -0.25) is 4.79 Å². The Kier molecular flexibility index (Phi) is 4.60. The lowest BCUT2D eigenvalue weighted by molar-refractivity contribution is 0.0932. The molecular weight excluding hydrogens is 376 g/mol. The number of aryl methyl sites for hydroxylation is 1. The second-order valence-electron chi connectivity index (χ2n) is 6.61. The van der Waals surface area contributed by atoms with Gasteiger partial charge in [0.25, 0.3) is 5.91 Å². The van der Waals surface area contributed by atoms with Crippen molar-refractivity contribution in [3.8, 4) is 5.69 Å². The third kappa shape index (κ3) is 3.25. The number of hydrogen-bond acceptors (Lipinski definition) is 4. The van der Waals surface area contributed by atoms with Crippen LogP contribution in [0.3, 0.4) is 0 Å². The second-order valence-corrected chi connectivity index (χ2v) is 7.05. The minimum Gasteiger partial charge on any atom is -0.344 e. The van der Waals surface area contributed by atoms with Gasteiger partial charge in [-0.2, -0.15) is 10.2 Å². The van der Waals surface area contributed by atoms with Gasteiger partial charge in [0, 0.05) is 16.3 Å². The van der Waals surface area contributed by atoms with Gasteiger partial charge in [-0.15, -0.1) is 0 Å². The monoisotopic (exact) mass is 394 g/mol. The molecule has 0 fully saturated rings. The summed E-state index contributed by atoms with van der Waals surface area (Å²) in [6.07, 6.45) is 1.77. The summed E-state index contributed by atoms with van der Waals surface area (Å²) in [5, 5.41) is 12.5. The number of hydrogen-bond donors (Lipinski definition) is 1. The number of nitrogens with zero attached hydrogens (tertiary/aromatic N) is 5. The fourth-order valence-electron chi connectivity index (χ4n) is 3.22. The smallest absolute Gasteiger partial charge is 0.270 e. The Morgan fingerprint density at radius 3 is 2.64 bits per heavy atom. The van der Waals surface area contributed by atoms with Crippen LogP contribution in [0.1, 0.15) is 40.5 Å². The summed E-state index contributed by atoms with van der Waals surface area (Å²) in [4.78, 5) is 17.1. The highest BCUT2D eigenvalue weighted by Gasteiger charge is 2.19. The van der Waals surface area contributed by atoms with E-state index >= 15 is 0 Å². The van der Waals surface area contributed by atoms with E-state index in [0.717, 1.165) is 16.9 Å². The molecule has 3 aromatic heterocycles. The van der Waals surface area contributed by atoms with E-state index in [0.29, 0.717) is 22.2 Å². The summed E-state index contributed by atoms with van der Waals surface area (Å²) in [6.45, 7) is 5.70. The number of aromatic nitrogens is 5. The number of fused-ring (bicyclic) bond motifs is 1. The zero-order valence-corrected chi connectivity index (χ0v) is 16.5. The van der Waals surface area contributed by atoms with Gasteiger partial charge in [-0.1, -0.05) is 17.7 Å². The third-order valence-corrected chi connectivity index (χ3v) is 4.88. The number of rotatable bonds is 4. The normalized spacial score (nSPS) is 12.3. The first-order valence-corrected chi connectivity index (χ1v) is 9.25. The molecule has 0 spiro atoms. The van der Waals surface area contributed by atoms with E-state index in [1.54, 1.807) is 29.8 Å². The van der Waals surface area contributed by atoms with E-state index in [-0.39, 0.29) is 11.9 Å². The molecule has 8 heteroatoms. The zero-order valence-electron chi connectivity index (χ0n) is 15.7. The van der Waals surface area contributed by atoms with Crippen LogP contribution in [0.15, 0.2) is 48.7 Å². The van der Waals surface area contributed by atoms with Crippen LogP contribution in [0.5, 0.6) is 0 Å². The minimum absolute atomic E-state index is 0.221. The molecule has 1 aromatic carbocycles. The van der Waals surface area contributed by atoms with Crippen molar-refractivity contribution in [1.82, 2.24) is 29.7 Å². The van der Waals surface area contributed by atoms with Crippen LogP contribution in [0.4, 0.5) is 0 Å². The van der Waals surface area contributed by atoms with Crippen molar-refractivity contribution < 1.29 is 4.79 Å². The van der Waals surface area contributed by atoms with Gasteiger partial charge in [-0.25, -0.2) is 14.2 Å². The highest BCUT2D eigenvalue weighted by atomic mass is 35.5. The molecule has 4 rings (SSSR count). The molecule has 1 N–H and O–H groups in total. The van der Waals surface area contributed by atoms with Gasteiger partial charge >= 0.3 is 0 Å². The van der Waals surface area contributed by atoms with E-state index in [1.165, 1.54) is 0 Å². The summed E-state index contributed by atoms with van der Waals surface area (Å²) in [6, 6.07) is 12.6. The van der Waals surface area contributed by atoms with Crippen molar-refractivity contribution >= 4 is 23.2 Å². The minimum atomic E-state index is -0.228. The molecule has 1 atom stereocenters. The van der Waals surface area contributed by atoms with Crippen LogP contribution in [0.2, 0.25) is 5.02 Å². The van der Waals surface area contributed by atoms with E-state index < -0.39 is 0 Å². The van der Waals surface area contributed by atoms with E-state index in [1.807, 2.05) is 48.9 Å². The predicted octanol–water partition coefficient (Wildman–Crippen LogP) is 3.68. The number of benzene rings is 1. The second kappa shape index (κ2) is 7.09. The zero-order chi connectivity index (χ0) is 19.8. The first-order valence-electron chi connectivity index (χ1n) is 8.88. The van der Waals surface area contributed by atoms with Crippen LogP contribution < -0.4 is 5.32 Å². The van der Waals surface area contributed by atoms with Gasteiger partial charge in [0.15, 0.2) is 5.65 Å². The molecule has 0 aliphatic carbocycles. The van der Waals surface area contributed by atoms with Crippen molar-refractivity contribution in [3.05, 3.63) is 76.5 Å². The number of carbonyl (C=O) groups excluding carboxylic acids is 1. The highest BCUT2D eigenvalue weighted by Crippen LogP contribution is 2.21. The fraction of sp³-hybridized carbons (Fsp3) is 0.200. The quantitative estimate of drug-likeness (QED) is 0.572. The van der Waals surface area contributed by atoms with E-state index in [9.17, 15) is 4.79 Å². The van der Waals surface area contributed by atoms with Crippen LogP contribution in [-0.4, -0.2) is 30.3 Å². The third-order valence-electron chi connectivity index (χ3n) is 4.63. The van der Waals surface area contributed by atoms with Crippen molar-refractivity contribution in [2.75, 3.05) is 0 Å². The van der Waals surface area contributed by atoms with Crippen LogP contribution >= 0.6 is 11.6 Å². The van der Waals surface area contributed by atoms with Crippen LogP contribution in [0.25, 0.3) is 11.3 Å². The maximum atomic E-state index is 12.8. The first-order chi connectivity index (χ1) is 13.4. The largest absolute Gasteiger partial charge is 0.344 e. The van der Waals surface area contributed by atoms with Crippen molar-refractivity contribution in [3.63, 3.8) is 0 Å². The molecule has 0 saturated carbocycles. The highest BCUT2D eigenvalue weighted by molar-refractivity contribution is 6.30. The Hall–Kier alpha value is -3.19. The average molecular weight is 395 g/mol. The summed E-state index contributed by atoms with van der Waals surface area (Å²) in [5.41, 5.74) is 3.88. The Balaban J connectivity index is 1.59. The standard InChI is InChI=1S/C20H19ClN6O/c1-12(17-11-22-26(13(17)2)16-9-7-15(21)8-10-16)23-20(28)18-5-4-6-19-24-14(3)25-27(18)19/h4-12H,1-3H3,(H,23,28). The Morgan fingerprint density at radius 2 is 1.89 bits per heavy atom. The molecule has 4 aromatic rings. The SMILES string of the molecule is Cc1nc2cccc(C(=O)NC(C)c3cnn(-c4ccc(Cl)cc4)c3C)n2n1. The summed E-state index contributed by atoms with van der Waals surface area (Å²) in [7, 11) is 0. The van der Waals surface area contributed by atoms with Crippen molar-refractivity contribution in [2.24, 2.45) is 0 Å². The molecule has 7 nitrogen and oxygen atoms in total. The molecule has 0 bridgehead atoms. The van der Waals surface area contributed by atoms with Gasteiger partial charge in [-0.05, 0) is 57.2 Å². The van der Waals surface area contributed by atoms with Crippen LogP contribution in [0, 0.1) is 13.8 Å². The van der Waals surface area contributed by atoms with Crippen molar-refractivity contribution in [1.29, 1.82) is 0 Å². The Bertz CT molecular complexity index is 1160. The molecule has 0 radical (unpaired) electrons. The average Bonchev–Trinajstić information content (AvgIpc) is 3.23. The molecule has 1 amide bonds. The van der Waals surface area contributed by atoms with Gasteiger partial charge in [0.2, 0.25) is 0 Å². The Morgan fingerprint density at radius 1 is 1.14 bits per heavy atom. The maximum Gasteiger partial charge on any atom is 0.270 e. The van der Waals surface area contributed by atoms with Crippen LogP contribution in [-0.2, 0) is 0 Å². The molecule has 0 aliphatic heterocycles. The van der Waals surface area contributed by atoms with E-state index in [4.69, 9.17) is 11.6 Å². The predicted molar refractivity (Wildman–Crippen MR) is 107 cm³/mol. The fourth-order valence-corrected chi connectivity index (χ4v) is 3.35. The molecular formula is C20H19ClN6O. The number of nitrogens with one attached hydrogen (secondary N) is 1. The molecule has 0 aliphatic rings. The first kappa shape index (κ1) is 18.2. The molecule has 3 heterocycles. The lowest BCUT2D eigenvalue weighted by atomic mass is 10.1. The number of halogens is 1. The topological polar surface area (TPSA) is 77.1 Å². The summed E-state index contributed by atoms with van der Waals surface area (Å²) in [5.74, 6) is 0.398. The summed E-state index contributed by atoms with van der Waals surface area (Å²) < 4.78 is 3.39. The Labute approximate surface area is 167 Å². The number of carbonyl (C=O) groups is 1. The number of amides is 1. The molecule has 142 valence electrons. The van der Waals surface area contributed by atoms with Gasteiger partial charge < -0.3 is 5.32 Å². The lowest BCUT2D eigenvalue weighted by Gasteiger charge is -2.14. The molecule has 0 saturated heterocycles. The van der Waals surface area contributed by atoms with Crippen molar-refractivity contribution in [2.45, 2.75) is 26.8 Å². The molecule has 1 unspecified atom stereocenters.